The SMILES string of the molecule is CCC1=NC(C)=C(N(C=O)CCCN2CCC(c3ccccc3)(c3ccccc3)CC2)C(c2ccc(S(C)(=O)=O)cc2)C1NC=O. The number of hydrogen-bond donors (Lipinski definition) is 1. The highest BCUT2D eigenvalue weighted by atomic mass is 32.2. The lowest BCUT2D eigenvalue weighted by Gasteiger charge is -2.43. The van der Waals surface area contributed by atoms with Crippen LogP contribution < -0.4 is 5.32 Å². The summed E-state index contributed by atoms with van der Waals surface area (Å²) < 4.78 is 24.3. The lowest BCUT2D eigenvalue weighted by Crippen LogP contribution is -2.47. The van der Waals surface area contributed by atoms with Crippen molar-refractivity contribution >= 4 is 28.4 Å². The number of allylic oxidation sites excluding steroid dienone is 1. The predicted octanol–water partition coefficient (Wildman–Crippen LogP) is 5.32. The summed E-state index contributed by atoms with van der Waals surface area (Å²) in [5, 5.41) is 2.94. The summed E-state index contributed by atoms with van der Waals surface area (Å²) >= 11 is 0. The number of amides is 2. The Kier molecular flexibility index (Phi) is 10.5. The van der Waals surface area contributed by atoms with Gasteiger partial charge >= 0.3 is 0 Å². The summed E-state index contributed by atoms with van der Waals surface area (Å²) in [6.45, 7) is 7.14. The molecule has 2 amide bonds. The molecule has 0 aromatic heterocycles. The van der Waals surface area contributed by atoms with Crippen LogP contribution in [0.25, 0.3) is 0 Å². The Labute approximate surface area is 273 Å². The molecule has 2 aliphatic rings. The van der Waals surface area contributed by atoms with Crippen LogP contribution in [0, 0.1) is 0 Å². The van der Waals surface area contributed by atoms with Gasteiger partial charge in [-0.15, -0.1) is 0 Å². The van der Waals surface area contributed by atoms with Crippen LogP contribution in [-0.2, 0) is 24.8 Å². The molecular formula is C37H44N4O4S. The van der Waals surface area contributed by atoms with Crippen LogP contribution in [0.3, 0.4) is 0 Å². The fourth-order valence-corrected chi connectivity index (χ4v) is 7.88. The Morgan fingerprint density at radius 2 is 1.52 bits per heavy atom. The van der Waals surface area contributed by atoms with Crippen LogP contribution in [0.15, 0.2) is 106 Å². The molecule has 46 heavy (non-hydrogen) atoms. The molecule has 8 nitrogen and oxygen atoms in total. The Hall–Kier alpha value is -4.08. The van der Waals surface area contributed by atoms with E-state index in [0.29, 0.717) is 19.4 Å². The molecule has 1 N–H and O–H groups in total. The molecule has 0 saturated carbocycles. The lowest BCUT2D eigenvalue weighted by atomic mass is 9.68. The van der Waals surface area contributed by atoms with Gasteiger partial charge < -0.3 is 15.1 Å². The van der Waals surface area contributed by atoms with Gasteiger partial charge in [-0.05, 0) is 81.1 Å². The number of carbonyl (C=O) groups excluding carboxylic acids is 2. The van der Waals surface area contributed by atoms with Crippen molar-refractivity contribution in [2.45, 2.75) is 61.8 Å². The van der Waals surface area contributed by atoms with Gasteiger partial charge in [-0.2, -0.15) is 0 Å². The van der Waals surface area contributed by atoms with Gasteiger partial charge in [0.1, 0.15) is 0 Å². The van der Waals surface area contributed by atoms with E-state index in [2.05, 4.69) is 70.9 Å². The van der Waals surface area contributed by atoms with E-state index in [9.17, 15) is 18.0 Å². The maximum atomic E-state index is 12.7. The molecular weight excluding hydrogens is 596 g/mol. The molecule has 0 spiro atoms. The molecule has 9 heteroatoms. The maximum Gasteiger partial charge on any atom is 0.213 e. The normalized spacial score (nSPS) is 20.1. The van der Waals surface area contributed by atoms with Crippen molar-refractivity contribution in [1.29, 1.82) is 0 Å². The molecule has 2 atom stereocenters. The van der Waals surface area contributed by atoms with E-state index in [1.54, 1.807) is 29.2 Å². The number of carbonyl (C=O) groups is 2. The minimum atomic E-state index is -3.38. The first-order valence-electron chi connectivity index (χ1n) is 16.0. The zero-order valence-electron chi connectivity index (χ0n) is 26.9. The number of aliphatic imine (C=N–C) groups is 1. The van der Waals surface area contributed by atoms with Crippen molar-refractivity contribution < 1.29 is 18.0 Å². The van der Waals surface area contributed by atoms with Crippen molar-refractivity contribution in [3.05, 3.63) is 113 Å². The smallest absolute Gasteiger partial charge is 0.213 e. The molecule has 242 valence electrons. The summed E-state index contributed by atoms with van der Waals surface area (Å²) in [5.74, 6) is -0.399. The second-order valence-electron chi connectivity index (χ2n) is 12.3. The quantitative estimate of drug-likeness (QED) is 0.255. The fourth-order valence-electron chi connectivity index (χ4n) is 7.25. The third kappa shape index (κ3) is 7.00. The molecule has 5 rings (SSSR count). The van der Waals surface area contributed by atoms with Gasteiger partial charge in [0.15, 0.2) is 9.84 Å². The van der Waals surface area contributed by atoms with Gasteiger partial charge in [0.05, 0.1) is 28.2 Å². The number of likely N-dealkylation sites (tertiary alicyclic amines) is 1. The molecule has 1 saturated heterocycles. The number of rotatable bonds is 13. The minimum Gasteiger partial charge on any atom is -0.350 e. The van der Waals surface area contributed by atoms with Gasteiger partial charge in [-0.1, -0.05) is 79.7 Å². The standard InChI is InChI=1S/C37H44N4O4S/c1-4-33-35(38-26-42)34(29-16-18-32(19-17-29)46(3,44)45)36(28(2)39-33)41(27-43)23-11-22-40-24-20-37(21-25-40,30-12-7-5-8-13-30)31-14-9-6-10-15-31/h5-10,12-19,26-27,34-35H,4,11,20-25H2,1-3H3,(H,38,42). The highest BCUT2D eigenvalue weighted by Crippen LogP contribution is 2.42. The zero-order valence-corrected chi connectivity index (χ0v) is 27.7. The first kappa shape index (κ1) is 33.3. The Bertz CT molecular complexity index is 1620. The largest absolute Gasteiger partial charge is 0.350 e. The lowest BCUT2D eigenvalue weighted by molar-refractivity contribution is -0.116. The number of piperidine rings is 1. The fraction of sp³-hybridized carbons (Fsp3) is 0.378. The van der Waals surface area contributed by atoms with Crippen molar-refractivity contribution in [1.82, 2.24) is 15.1 Å². The van der Waals surface area contributed by atoms with Crippen LogP contribution in [0.1, 0.15) is 62.1 Å². The molecule has 2 aliphatic heterocycles. The number of sulfone groups is 1. The van der Waals surface area contributed by atoms with Crippen molar-refractivity contribution in [3.63, 3.8) is 0 Å². The van der Waals surface area contributed by atoms with Crippen molar-refractivity contribution in [3.8, 4) is 0 Å². The Morgan fingerprint density at radius 3 is 2.02 bits per heavy atom. The van der Waals surface area contributed by atoms with Crippen LogP contribution in [0.4, 0.5) is 0 Å². The summed E-state index contributed by atoms with van der Waals surface area (Å²) in [6.07, 6.45) is 6.12. The van der Waals surface area contributed by atoms with Crippen molar-refractivity contribution in [2.24, 2.45) is 4.99 Å². The molecule has 0 radical (unpaired) electrons. The zero-order chi connectivity index (χ0) is 32.7. The average Bonchev–Trinajstić information content (AvgIpc) is 3.08. The van der Waals surface area contributed by atoms with E-state index in [1.807, 2.05) is 13.8 Å². The summed E-state index contributed by atoms with van der Waals surface area (Å²) in [6, 6.07) is 27.9. The third-order valence-corrected chi connectivity index (χ3v) is 10.7. The Morgan fingerprint density at radius 1 is 0.935 bits per heavy atom. The molecule has 3 aromatic rings. The number of nitrogens with one attached hydrogen (secondary N) is 1. The summed E-state index contributed by atoms with van der Waals surface area (Å²) in [5.41, 5.74) is 5.76. The average molecular weight is 641 g/mol. The number of benzene rings is 3. The minimum absolute atomic E-state index is 0.0205. The van der Waals surface area contributed by atoms with Gasteiger partial charge in [0.2, 0.25) is 12.8 Å². The first-order valence-corrected chi connectivity index (χ1v) is 17.9. The van der Waals surface area contributed by atoms with E-state index in [4.69, 9.17) is 4.99 Å². The summed E-state index contributed by atoms with van der Waals surface area (Å²) in [7, 11) is -3.38. The van der Waals surface area contributed by atoms with Crippen LogP contribution >= 0.6 is 0 Å². The number of hydrogen-bond acceptors (Lipinski definition) is 6. The van der Waals surface area contributed by atoms with E-state index >= 15 is 0 Å². The molecule has 2 unspecified atom stereocenters. The van der Waals surface area contributed by atoms with Gasteiger partial charge in [0.25, 0.3) is 0 Å². The number of nitrogens with zero attached hydrogens (tertiary/aromatic N) is 3. The van der Waals surface area contributed by atoms with Crippen molar-refractivity contribution in [2.75, 3.05) is 32.4 Å². The highest BCUT2D eigenvalue weighted by molar-refractivity contribution is 7.90. The van der Waals surface area contributed by atoms with Gasteiger partial charge in [-0.3, -0.25) is 14.6 Å². The second-order valence-corrected chi connectivity index (χ2v) is 14.3. The van der Waals surface area contributed by atoms with Gasteiger partial charge in [0, 0.05) is 23.9 Å². The second kappa shape index (κ2) is 14.6. The molecule has 0 bridgehead atoms. The monoisotopic (exact) mass is 640 g/mol. The van der Waals surface area contributed by atoms with Gasteiger partial charge in [-0.25, -0.2) is 8.42 Å². The molecule has 0 aliphatic carbocycles. The van der Waals surface area contributed by atoms with E-state index in [1.165, 1.54) is 17.4 Å². The topological polar surface area (TPSA) is 99.2 Å². The van der Waals surface area contributed by atoms with E-state index in [-0.39, 0.29) is 10.3 Å². The van der Waals surface area contributed by atoms with E-state index < -0.39 is 21.8 Å². The molecule has 2 heterocycles. The first-order chi connectivity index (χ1) is 22.2. The van der Waals surface area contributed by atoms with Crippen LogP contribution in [0.2, 0.25) is 0 Å². The van der Waals surface area contributed by atoms with Crippen LogP contribution in [-0.4, -0.2) is 75.2 Å². The third-order valence-electron chi connectivity index (χ3n) is 9.62. The predicted molar refractivity (Wildman–Crippen MR) is 182 cm³/mol. The maximum absolute atomic E-state index is 12.7. The van der Waals surface area contributed by atoms with E-state index in [0.717, 1.165) is 68.0 Å². The van der Waals surface area contributed by atoms with Crippen LogP contribution in [0.5, 0.6) is 0 Å². The molecule has 1 fully saturated rings. The summed E-state index contributed by atoms with van der Waals surface area (Å²) in [4.78, 5) is 33.7. The Balaban J connectivity index is 1.33. The molecule has 3 aromatic carbocycles. The highest BCUT2D eigenvalue weighted by Gasteiger charge is 2.39.